The monoisotopic (exact) mass is 347 g/mol. The van der Waals surface area contributed by atoms with Crippen molar-refractivity contribution in [2.45, 2.75) is 6.54 Å². The Hall–Kier alpha value is -1.33. The van der Waals surface area contributed by atoms with Gasteiger partial charge >= 0.3 is 0 Å². The summed E-state index contributed by atoms with van der Waals surface area (Å²) in [6.45, 7) is 0.168. The molecule has 0 saturated heterocycles. The lowest BCUT2D eigenvalue weighted by Gasteiger charge is -2.10. The number of aromatic hydroxyl groups is 1. The first-order valence-electron chi connectivity index (χ1n) is 5.34. The van der Waals surface area contributed by atoms with E-state index >= 15 is 0 Å². The van der Waals surface area contributed by atoms with Crippen LogP contribution in [-0.4, -0.2) is 5.11 Å². The topological polar surface area (TPSA) is 32.3 Å². The third-order valence-electron chi connectivity index (χ3n) is 2.55. The average molecular weight is 349 g/mol. The third-order valence-corrected chi connectivity index (χ3v) is 3.46. The van der Waals surface area contributed by atoms with Gasteiger partial charge in [0.1, 0.15) is 17.4 Å². The highest BCUT2D eigenvalue weighted by molar-refractivity contribution is 9.10. The molecule has 0 amide bonds. The Morgan fingerprint density at radius 1 is 1.21 bits per heavy atom. The fourth-order valence-corrected chi connectivity index (χ4v) is 2.09. The minimum atomic E-state index is -0.706. The highest BCUT2D eigenvalue weighted by atomic mass is 79.9. The Bertz CT molecular complexity index is 622. The van der Waals surface area contributed by atoms with E-state index in [0.29, 0.717) is 5.56 Å². The van der Waals surface area contributed by atoms with Crippen molar-refractivity contribution in [2.24, 2.45) is 0 Å². The van der Waals surface area contributed by atoms with Gasteiger partial charge in [0.15, 0.2) is 0 Å². The van der Waals surface area contributed by atoms with Crippen LogP contribution in [0.4, 0.5) is 14.5 Å². The Kier molecular flexibility index (Phi) is 4.27. The minimum Gasteiger partial charge on any atom is -0.506 e. The molecule has 2 aromatic carbocycles. The van der Waals surface area contributed by atoms with Gasteiger partial charge in [0.05, 0.1) is 15.2 Å². The van der Waals surface area contributed by atoms with Gasteiger partial charge in [-0.15, -0.1) is 0 Å². The van der Waals surface area contributed by atoms with E-state index in [1.54, 1.807) is 18.2 Å². The molecule has 6 heteroatoms. The van der Waals surface area contributed by atoms with Gasteiger partial charge in [0, 0.05) is 18.2 Å². The van der Waals surface area contributed by atoms with Crippen LogP contribution >= 0.6 is 27.5 Å². The first-order valence-corrected chi connectivity index (χ1v) is 6.51. The quantitative estimate of drug-likeness (QED) is 0.788. The number of anilines is 1. The maximum absolute atomic E-state index is 13.5. The zero-order valence-electron chi connectivity index (χ0n) is 9.55. The Labute approximate surface area is 122 Å². The molecular formula is C13H9BrClF2NO. The van der Waals surface area contributed by atoms with E-state index in [0.717, 1.165) is 6.07 Å². The van der Waals surface area contributed by atoms with Crippen LogP contribution in [0.5, 0.6) is 5.75 Å². The van der Waals surface area contributed by atoms with Gasteiger partial charge in [0.25, 0.3) is 0 Å². The smallest absolute Gasteiger partial charge is 0.149 e. The number of para-hydroxylation sites is 1. The van der Waals surface area contributed by atoms with E-state index in [9.17, 15) is 13.9 Å². The summed E-state index contributed by atoms with van der Waals surface area (Å²) in [4.78, 5) is 0. The van der Waals surface area contributed by atoms with Gasteiger partial charge in [-0.3, -0.25) is 0 Å². The molecule has 2 rings (SSSR count). The Balaban J connectivity index is 2.19. The standard InChI is InChI=1S/C13H9BrClF2NO/c14-8-4-12(11(17)5-10(8)16)18-6-7-2-1-3-9(15)13(7)19/h1-5,18-19H,6H2. The van der Waals surface area contributed by atoms with E-state index in [1.807, 2.05) is 0 Å². The number of hydrogen-bond donors (Lipinski definition) is 2. The van der Waals surface area contributed by atoms with Crippen LogP contribution in [-0.2, 0) is 6.54 Å². The van der Waals surface area contributed by atoms with Crippen LogP contribution < -0.4 is 5.32 Å². The van der Waals surface area contributed by atoms with Gasteiger partial charge < -0.3 is 10.4 Å². The number of halogens is 4. The molecule has 100 valence electrons. The maximum Gasteiger partial charge on any atom is 0.149 e. The lowest BCUT2D eigenvalue weighted by atomic mass is 10.2. The summed E-state index contributed by atoms with van der Waals surface area (Å²) in [5.41, 5.74) is 0.653. The molecule has 0 spiro atoms. The summed E-state index contributed by atoms with van der Waals surface area (Å²) in [5.74, 6) is -1.44. The van der Waals surface area contributed by atoms with Gasteiger partial charge in [-0.2, -0.15) is 0 Å². The van der Waals surface area contributed by atoms with Gasteiger partial charge in [-0.25, -0.2) is 8.78 Å². The first kappa shape index (κ1) is 14.1. The average Bonchev–Trinajstić information content (AvgIpc) is 2.37. The first-order chi connectivity index (χ1) is 8.99. The van der Waals surface area contributed by atoms with Crippen molar-refractivity contribution in [3.63, 3.8) is 0 Å². The van der Waals surface area contributed by atoms with Crippen molar-refractivity contribution < 1.29 is 13.9 Å². The van der Waals surface area contributed by atoms with Gasteiger partial charge in [-0.1, -0.05) is 23.7 Å². The number of rotatable bonds is 3. The van der Waals surface area contributed by atoms with Gasteiger partial charge in [0.2, 0.25) is 0 Å². The maximum atomic E-state index is 13.5. The van der Waals surface area contributed by atoms with Crippen LogP contribution in [0.2, 0.25) is 5.02 Å². The van der Waals surface area contributed by atoms with E-state index < -0.39 is 11.6 Å². The Morgan fingerprint density at radius 2 is 1.95 bits per heavy atom. The molecule has 0 saturated carbocycles. The summed E-state index contributed by atoms with van der Waals surface area (Å²) < 4.78 is 26.7. The molecule has 0 bridgehead atoms. The molecule has 19 heavy (non-hydrogen) atoms. The molecule has 2 nitrogen and oxygen atoms in total. The van der Waals surface area contributed by atoms with E-state index in [1.165, 1.54) is 6.07 Å². The number of nitrogens with one attached hydrogen (secondary N) is 1. The largest absolute Gasteiger partial charge is 0.506 e. The SMILES string of the molecule is Oc1c(Cl)cccc1CNc1cc(Br)c(F)cc1F. The highest BCUT2D eigenvalue weighted by Crippen LogP contribution is 2.29. The van der Waals surface area contributed by atoms with Crippen LogP contribution in [0, 0.1) is 11.6 Å². The predicted octanol–water partition coefficient (Wildman–Crippen LogP) is 4.70. The zero-order valence-corrected chi connectivity index (χ0v) is 11.9. The fraction of sp³-hybridized carbons (Fsp3) is 0.0769. The third kappa shape index (κ3) is 3.16. The van der Waals surface area contributed by atoms with Crippen molar-refractivity contribution in [1.29, 1.82) is 0 Å². The molecule has 0 fully saturated rings. The molecule has 0 aromatic heterocycles. The molecule has 0 radical (unpaired) electrons. The van der Waals surface area contributed by atoms with Gasteiger partial charge in [-0.05, 0) is 28.1 Å². The summed E-state index contributed by atoms with van der Waals surface area (Å²) in [7, 11) is 0. The fourth-order valence-electron chi connectivity index (χ4n) is 1.55. The molecule has 0 unspecified atom stereocenters. The molecular weight excluding hydrogens is 340 g/mol. The lowest BCUT2D eigenvalue weighted by Crippen LogP contribution is -2.02. The molecule has 0 aliphatic rings. The molecule has 0 atom stereocenters. The van der Waals surface area contributed by atoms with Crippen LogP contribution in [0.25, 0.3) is 0 Å². The second-order valence-corrected chi connectivity index (χ2v) is 5.11. The second-order valence-electron chi connectivity index (χ2n) is 3.85. The highest BCUT2D eigenvalue weighted by Gasteiger charge is 2.09. The van der Waals surface area contributed by atoms with Crippen molar-refractivity contribution in [2.75, 3.05) is 5.32 Å². The minimum absolute atomic E-state index is 0.0572. The number of hydrogen-bond acceptors (Lipinski definition) is 2. The van der Waals surface area contributed by atoms with E-state index in [-0.39, 0.29) is 27.5 Å². The number of phenols is 1. The summed E-state index contributed by atoms with van der Waals surface area (Å²) in [6.07, 6.45) is 0. The van der Waals surface area contributed by atoms with Crippen molar-refractivity contribution >= 4 is 33.2 Å². The molecule has 2 N–H and O–H groups in total. The van der Waals surface area contributed by atoms with Crippen LogP contribution in [0.3, 0.4) is 0 Å². The summed E-state index contributed by atoms with van der Waals surface area (Å²) >= 11 is 8.74. The van der Waals surface area contributed by atoms with E-state index in [2.05, 4.69) is 21.2 Å². The second kappa shape index (κ2) is 5.75. The number of phenolic OH excluding ortho intramolecular Hbond substituents is 1. The zero-order chi connectivity index (χ0) is 14.0. The van der Waals surface area contributed by atoms with Crippen molar-refractivity contribution in [3.05, 3.63) is 57.0 Å². The molecule has 0 aliphatic heterocycles. The lowest BCUT2D eigenvalue weighted by molar-refractivity contribution is 0.469. The normalized spacial score (nSPS) is 10.5. The molecule has 0 aliphatic carbocycles. The number of benzene rings is 2. The van der Waals surface area contributed by atoms with Crippen LogP contribution in [0.1, 0.15) is 5.56 Å². The molecule has 2 aromatic rings. The van der Waals surface area contributed by atoms with E-state index in [4.69, 9.17) is 11.6 Å². The summed E-state index contributed by atoms with van der Waals surface area (Å²) in [6, 6.07) is 6.96. The summed E-state index contributed by atoms with van der Waals surface area (Å²) in [5, 5.41) is 12.7. The van der Waals surface area contributed by atoms with Crippen LogP contribution in [0.15, 0.2) is 34.8 Å². The Morgan fingerprint density at radius 3 is 2.68 bits per heavy atom. The molecule has 0 heterocycles. The van der Waals surface area contributed by atoms with Crippen molar-refractivity contribution in [1.82, 2.24) is 0 Å². The predicted molar refractivity (Wildman–Crippen MR) is 74.5 cm³/mol. The van der Waals surface area contributed by atoms with Crippen molar-refractivity contribution in [3.8, 4) is 5.75 Å².